The Kier molecular flexibility index (Phi) is 8.64. The van der Waals surface area contributed by atoms with Crippen LogP contribution in [0, 0.1) is 0 Å². The van der Waals surface area contributed by atoms with Crippen molar-refractivity contribution in [1.82, 2.24) is 0 Å². The third-order valence-electron chi connectivity index (χ3n) is 1.10. The molecule has 0 rings (SSSR count). The van der Waals surface area contributed by atoms with Crippen LogP contribution in [0.4, 0.5) is 0 Å². The van der Waals surface area contributed by atoms with E-state index in [1.165, 1.54) is 0 Å². The molecular weight excluding hydrogens is 176 g/mol. The van der Waals surface area contributed by atoms with Crippen molar-refractivity contribution in [3.63, 3.8) is 0 Å². The molecule has 7 heteroatoms. The van der Waals surface area contributed by atoms with E-state index in [1.54, 1.807) is 0 Å². The maximum Gasteiger partial charge on any atom is 0.107 e. The van der Waals surface area contributed by atoms with Crippen LogP contribution in [0.25, 0.3) is 10.4 Å². The van der Waals surface area contributed by atoms with Crippen LogP contribution in [0.2, 0.25) is 0 Å². The number of aliphatic hydroxyl groups is 1. The van der Waals surface area contributed by atoms with Gasteiger partial charge in [0, 0.05) is 4.91 Å². The summed E-state index contributed by atoms with van der Waals surface area (Å²) >= 11 is 0. The van der Waals surface area contributed by atoms with Crippen LogP contribution in [0.5, 0.6) is 0 Å². The Morgan fingerprint density at radius 1 is 1.38 bits per heavy atom. The molecule has 0 aromatic heterocycles. The normalized spacial score (nSPS) is 12.2. The molecule has 0 fully saturated rings. The lowest BCUT2D eigenvalue weighted by molar-refractivity contribution is 0.0297. The maximum atomic E-state index is 8.34. The summed E-state index contributed by atoms with van der Waals surface area (Å²) in [5.74, 6) is 0. The van der Waals surface area contributed by atoms with Gasteiger partial charge in [-0.15, -0.1) is 0 Å². The number of azide groups is 1. The molecule has 76 valence electrons. The van der Waals surface area contributed by atoms with Crippen molar-refractivity contribution in [1.29, 1.82) is 0 Å². The van der Waals surface area contributed by atoms with Crippen molar-refractivity contribution >= 4 is 0 Å². The van der Waals surface area contributed by atoms with Gasteiger partial charge < -0.3 is 20.3 Å². The molecule has 0 aromatic carbocycles. The molecule has 1 unspecified atom stereocenters. The first kappa shape index (κ1) is 12.2. The highest BCUT2D eigenvalue weighted by Crippen LogP contribution is 1.85. The fourth-order valence-electron chi connectivity index (χ4n) is 0.588. The molecular formula is C6H14N4O3. The molecule has 0 saturated heterocycles. The first-order valence-corrected chi connectivity index (χ1v) is 3.87. The van der Waals surface area contributed by atoms with Gasteiger partial charge in [0.15, 0.2) is 0 Å². The van der Waals surface area contributed by atoms with E-state index in [9.17, 15) is 0 Å². The average molecular weight is 190 g/mol. The molecule has 0 aromatic rings. The SMILES string of the molecule is [N-]=[N+]=NC(N)COCCOCCO. The molecule has 0 radical (unpaired) electrons. The van der Waals surface area contributed by atoms with E-state index in [4.69, 9.17) is 25.8 Å². The van der Waals surface area contributed by atoms with Crippen molar-refractivity contribution in [2.24, 2.45) is 10.8 Å². The van der Waals surface area contributed by atoms with Gasteiger partial charge in [0.2, 0.25) is 0 Å². The molecule has 0 amide bonds. The third kappa shape index (κ3) is 9.06. The molecule has 3 N–H and O–H groups in total. The highest BCUT2D eigenvalue weighted by Gasteiger charge is 1.97. The molecule has 13 heavy (non-hydrogen) atoms. The second-order valence-corrected chi connectivity index (χ2v) is 2.18. The number of rotatable bonds is 8. The van der Waals surface area contributed by atoms with Crippen molar-refractivity contribution in [2.75, 3.05) is 33.0 Å². The number of hydrogen-bond donors (Lipinski definition) is 2. The Hall–Kier alpha value is -0.850. The van der Waals surface area contributed by atoms with Crippen molar-refractivity contribution in [3.8, 4) is 0 Å². The lowest BCUT2D eigenvalue weighted by Gasteiger charge is -2.06. The minimum absolute atomic E-state index is 0.00175. The van der Waals surface area contributed by atoms with Crippen LogP contribution in [-0.2, 0) is 9.47 Å². The average Bonchev–Trinajstić information content (AvgIpc) is 2.11. The zero-order valence-corrected chi connectivity index (χ0v) is 7.30. The van der Waals surface area contributed by atoms with Crippen LogP contribution in [0.15, 0.2) is 5.11 Å². The first-order valence-electron chi connectivity index (χ1n) is 3.87. The van der Waals surface area contributed by atoms with Gasteiger partial charge in [0.05, 0.1) is 33.0 Å². The van der Waals surface area contributed by atoms with E-state index in [1.807, 2.05) is 0 Å². The second kappa shape index (κ2) is 9.24. The minimum atomic E-state index is -0.650. The third-order valence-corrected chi connectivity index (χ3v) is 1.10. The van der Waals surface area contributed by atoms with Gasteiger partial charge in [-0.3, -0.25) is 0 Å². The maximum absolute atomic E-state index is 8.34. The summed E-state index contributed by atoms with van der Waals surface area (Å²) in [6, 6.07) is 0. The highest BCUT2D eigenvalue weighted by molar-refractivity contribution is 4.56. The predicted octanol–water partition coefficient (Wildman–Crippen LogP) is -0.393. The molecule has 0 aliphatic heterocycles. The minimum Gasteiger partial charge on any atom is -0.394 e. The Balaban J connectivity index is 3.11. The number of hydrogen-bond acceptors (Lipinski definition) is 5. The second-order valence-electron chi connectivity index (χ2n) is 2.18. The van der Waals surface area contributed by atoms with Gasteiger partial charge >= 0.3 is 0 Å². The molecule has 0 saturated carbocycles. The molecule has 0 heterocycles. The quantitative estimate of drug-likeness (QED) is 0.235. The van der Waals surface area contributed by atoms with E-state index in [-0.39, 0.29) is 13.2 Å². The van der Waals surface area contributed by atoms with Crippen molar-refractivity contribution in [2.45, 2.75) is 6.17 Å². The Labute approximate surface area is 76.1 Å². The van der Waals surface area contributed by atoms with E-state index in [0.29, 0.717) is 19.8 Å². The Morgan fingerprint density at radius 3 is 2.69 bits per heavy atom. The Morgan fingerprint density at radius 2 is 2.08 bits per heavy atom. The van der Waals surface area contributed by atoms with E-state index < -0.39 is 6.17 Å². The van der Waals surface area contributed by atoms with Crippen molar-refractivity contribution < 1.29 is 14.6 Å². The van der Waals surface area contributed by atoms with Crippen LogP contribution in [0.1, 0.15) is 0 Å². The van der Waals surface area contributed by atoms with Crippen LogP contribution in [-0.4, -0.2) is 44.3 Å². The molecule has 0 spiro atoms. The summed E-state index contributed by atoms with van der Waals surface area (Å²) in [5.41, 5.74) is 13.3. The predicted molar refractivity (Wildman–Crippen MR) is 45.8 cm³/mol. The zero-order valence-electron chi connectivity index (χ0n) is 7.30. The summed E-state index contributed by atoms with van der Waals surface area (Å²) < 4.78 is 9.90. The van der Waals surface area contributed by atoms with Gasteiger partial charge in [-0.05, 0) is 5.53 Å². The van der Waals surface area contributed by atoms with E-state index in [0.717, 1.165) is 0 Å². The summed E-state index contributed by atoms with van der Waals surface area (Å²) in [6.07, 6.45) is -0.650. The van der Waals surface area contributed by atoms with E-state index >= 15 is 0 Å². The van der Waals surface area contributed by atoms with Crippen LogP contribution in [0.3, 0.4) is 0 Å². The molecule has 1 atom stereocenters. The first-order chi connectivity index (χ1) is 6.31. The van der Waals surface area contributed by atoms with Gasteiger partial charge in [0.1, 0.15) is 6.17 Å². The Bertz CT molecular complexity index is 160. The molecule has 0 bridgehead atoms. The summed E-state index contributed by atoms with van der Waals surface area (Å²) in [4.78, 5) is 2.52. The fourth-order valence-corrected chi connectivity index (χ4v) is 0.588. The number of aliphatic hydroxyl groups excluding tert-OH is 1. The van der Waals surface area contributed by atoms with Crippen molar-refractivity contribution in [3.05, 3.63) is 10.4 Å². The number of nitrogens with two attached hydrogens (primary N) is 1. The van der Waals surface area contributed by atoms with Gasteiger partial charge in [-0.25, -0.2) is 0 Å². The standard InChI is InChI=1S/C6H14N4O3/c7-6(9-10-8)5-13-4-3-12-2-1-11/h6,11H,1-5,7H2. The largest absolute Gasteiger partial charge is 0.394 e. The van der Waals surface area contributed by atoms with E-state index in [2.05, 4.69) is 10.0 Å². The molecule has 0 aliphatic carbocycles. The monoisotopic (exact) mass is 190 g/mol. The van der Waals surface area contributed by atoms with Gasteiger partial charge in [0.25, 0.3) is 0 Å². The number of nitrogens with zero attached hydrogens (tertiary/aromatic N) is 3. The van der Waals surface area contributed by atoms with Gasteiger partial charge in [-0.2, -0.15) is 0 Å². The summed E-state index contributed by atoms with van der Waals surface area (Å²) in [6.45, 7) is 1.23. The fraction of sp³-hybridized carbons (Fsp3) is 1.00. The highest BCUT2D eigenvalue weighted by atomic mass is 16.5. The summed E-state index contributed by atoms with van der Waals surface area (Å²) in [7, 11) is 0. The smallest absolute Gasteiger partial charge is 0.107 e. The number of ether oxygens (including phenoxy) is 2. The topological polar surface area (TPSA) is 113 Å². The van der Waals surface area contributed by atoms with Crippen LogP contribution >= 0.6 is 0 Å². The molecule has 7 nitrogen and oxygen atoms in total. The lowest BCUT2D eigenvalue weighted by Crippen LogP contribution is -2.24. The zero-order chi connectivity index (χ0) is 9.94. The van der Waals surface area contributed by atoms with Gasteiger partial charge in [-0.1, -0.05) is 5.11 Å². The lowest BCUT2D eigenvalue weighted by atomic mass is 10.6. The summed E-state index contributed by atoms with van der Waals surface area (Å²) in [5, 5.41) is 11.6. The van der Waals surface area contributed by atoms with Crippen LogP contribution < -0.4 is 5.73 Å². The molecule has 0 aliphatic rings.